The summed E-state index contributed by atoms with van der Waals surface area (Å²) in [4.78, 5) is 15.1. The van der Waals surface area contributed by atoms with Crippen LogP contribution in [0.1, 0.15) is 38.4 Å². The lowest BCUT2D eigenvalue weighted by atomic mass is 10.0. The Bertz CT molecular complexity index is 1220. The van der Waals surface area contributed by atoms with Gasteiger partial charge >= 0.3 is 0 Å². The summed E-state index contributed by atoms with van der Waals surface area (Å²) in [5.41, 5.74) is 4.54. The predicted octanol–water partition coefficient (Wildman–Crippen LogP) is 3.70. The van der Waals surface area contributed by atoms with Gasteiger partial charge in [-0.3, -0.25) is 0 Å². The molecule has 1 aliphatic rings. The van der Waals surface area contributed by atoms with E-state index in [2.05, 4.69) is 23.7 Å². The molecule has 0 amide bonds. The Morgan fingerprint density at radius 1 is 1.23 bits per heavy atom. The number of aromatic nitrogens is 3. The number of nitrogens with one attached hydrogen (secondary N) is 1. The molecule has 4 rings (SSSR count). The normalized spacial score (nSPS) is 18.0. The summed E-state index contributed by atoms with van der Waals surface area (Å²) in [5, 5.41) is 0. The molecule has 3 aromatic heterocycles. The van der Waals surface area contributed by atoms with Crippen molar-refractivity contribution >= 4 is 26.7 Å². The maximum Gasteiger partial charge on any atom is 0.156 e. The highest BCUT2D eigenvalue weighted by Crippen LogP contribution is 2.35. The first-order valence-electron chi connectivity index (χ1n) is 10.5. The summed E-state index contributed by atoms with van der Waals surface area (Å²) >= 11 is 0. The van der Waals surface area contributed by atoms with Crippen LogP contribution >= 0.6 is 0 Å². The van der Waals surface area contributed by atoms with Crippen LogP contribution in [0.5, 0.6) is 0 Å². The van der Waals surface area contributed by atoms with Crippen molar-refractivity contribution in [2.24, 2.45) is 0 Å². The number of H-pyrrole nitrogens is 1. The van der Waals surface area contributed by atoms with E-state index >= 15 is 0 Å². The molecule has 31 heavy (non-hydrogen) atoms. The van der Waals surface area contributed by atoms with E-state index in [0.29, 0.717) is 36.7 Å². The fourth-order valence-electron chi connectivity index (χ4n) is 3.86. The number of ether oxygens (including phenoxy) is 1. The molecule has 0 spiro atoms. The minimum Gasteiger partial charge on any atom is -0.377 e. The number of pyridine rings is 2. The third kappa shape index (κ3) is 4.06. The summed E-state index contributed by atoms with van der Waals surface area (Å²) in [5.74, 6) is 0.758. The Hall–Kier alpha value is -2.45. The summed E-state index contributed by atoms with van der Waals surface area (Å²) < 4.78 is 29.8. The molecule has 8 heteroatoms. The number of fused-ring (bicyclic) bond motifs is 1. The van der Waals surface area contributed by atoms with Crippen LogP contribution in [0.3, 0.4) is 0 Å². The molecule has 3 aromatic rings. The number of hydrogen-bond donors (Lipinski definition) is 1. The third-order valence-electron chi connectivity index (χ3n) is 6.22. The second-order valence-electron chi connectivity index (χ2n) is 8.64. The van der Waals surface area contributed by atoms with Gasteiger partial charge in [0.15, 0.2) is 9.84 Å². The van der Waals surface area contributed by atoms with Gasteiger partial charge in [0.1, 0.15) is 5.82 Å². The van der Waals surface area contributed by atoms with Gasteiger partial charge in [0.2, 0.25) is 0 Å². The van der Waals surface area contributed by atoms with Crippen LogP contribution in [-0.4, -0.2) is 55.4 Å². The molecule has 0 saturated carbocycles. The molecule has 1 radical (unpaired) electrons. The van der Waals surface area contributed by atoms with Crippen molar-refractivity contribution in [3.63, 3.8) is 0 Å². The summed E-state index contributed by atoms with van der Waals surface area (Å²) in [6.45, 7) is 11.5. The van der Waals surface area contributed by atoms with Gasteiger partial charge in [-0.05, 0) is 63.1 Å². The van der Waals surface area contributed by atoms with E-state index in [-0.39, 0.29) is 6.04 Å². The number of hydrogen-bond acceptors (Lipinski definition) is 6. The zero-order valence-corrected chi connectivity index (χ0v) is 19.3. The van der Waals surface area contributed by atoms with Crippen LogP contribution in [0.4, 0.5) is 5.82 Å². The summed E-state index contributed by atoms with van der Waals surface area (Å²) in [7, 11) is -3.36. The van der Waals surface area contributed by atoms with Gasteiger partial charge < -0.3 is 14.6 Å². The zero-order chi connectivity index (χ0) is 22.4. The first-order chi connectivity index (χ1) is 14.6. The van der Waals surface area contributed by atoms with Crippen LogP contribution < -0.4 is 4.90 Å². The van der Waals surface area contributed by atoms with E-state index in [0.717, 1.165) is 29.0 Å². The van der Waals surface area contributed by atoms with Crippen molar-refractivity contribution in [3.05, 3.63) is 48.5 Å². The summed E-state index contributed by atoms with van der Waals surface area (Å²) in [6, 6.07) is 9.68. The SMILES string of the molecule is [CH2]c1cc2nc(-c3cc(C(C)(C)S(C)(=O)=O)cc(N4CCOC[C@@H]4CC)n3)ccc2[nH]1. The van der Waals surface area contributed by atoms with Gasteiger partial charge in [-0.15, -0.1) is 0 Å². The predicted molar refractivity (Wildman–Crippen MR) is 124 cm³/mol. The Kier molecular flexibility index (Phi) is 5.55. The first-order valence-corrected chi connectivity index (χ1v) is 12.4. The van der Waals surface area contributed by atoms with Gasteiger partial charge in [0.25, 0.3) is 0 Å². The number of nitrogens with zero attached hydrogens (tertiary/aromatic N) is 3. The Morgan fingerprint density at radius 2 is 2.00 bits per heavy atom. The van der Waals surface area contributed by atoms with Gasteiger partial charge in [-0.25, -0.2) is 18.4 Å². The van der Waals surface area contributed by atoms with Crippen molar-refractivity contribution in [3.8, 4) is 11.4 Å². The highest BCUT2D eigenvalue weighted by Gasteiger charge is 2.34. The largest absolute Gasteiger partial charge is 0.377 e. The number of rotatable bonds is 5. The number of morpholine rings is 1. The lowest BCUT2D eigenvalue weighted by Crippen LogP contribution is -2.45. The molecule has 1 N–H and O–H groups in total. The van der Waals surface area contributed by atoms with Crippen LogP contribution in [0.2, 0.25) is 0 Å². The van der Waals surface area contributed by atoms with Gasteiger partial charge in [0, 0.05) is 18.5 Å². The monoisotopic (exact) mass is 441 g/mol. The molecule has 0 unspecified atom stereocenters. The zero-order valence-electron chi connectivity index (χ0n) is 18.5. The van der Waals surface area contributed by atoms with Gasteiger partial charge in [0.05, 0.1) is 46.4 Å². The maximum absolute atomic E-state index is 12.6. The Morgan fingerprint density at radius 3 is 2.71 bits per heavy atom. The van der Waals surface area contributed by atoms with E-state index in [1.807, 2.05) is 30.3 Å². The number of anilines is 1. The second-order valence-corrected chi connectivity index (χ2v) is 11.2. The third-order valence-corrected chi connectivity index (χ3v) is 8.31. The summed E-state index contributed by atoms with van der Waals surface area (Å²) in [6.07, 6.45) is 2.19. The van der Waals surface area contributed by atoms with Crippen molar-refractivity contribution in [2.45, 2.75) is 38.0 Å². The molecule has 0 aromatic carbocycles. The molecular formula is C23H29N4O3S. The average Bonchev–Trinajstić information content (AvgIpc) is 3.11. The molecule has 1 fully saturated rings. The number of aromatic amines is 1. The van der Waals surface area contributed by atoms with Crippen molar-refractivity contribution in [1.82, 2.24) is 15.0 Å². The molecule has 7 nitrogen and oxygen atoms in total. The number of sulfone groups is 1. The molecule has 1 saturated heterocycles. The van der Waals surface area contributed by atoms with E-state index in [9.17, 15) is 8.42 Å². The fraction of sp³-hybridized carbons (Fsp3) is 0.435. The first kappa shape index (κ1) is 21.8. The fourth-order valence-corrected chi connectivity index (χ4v) is 4.40. The topological polar surface area (TPSA) is 88.2 Å². The van der Waals surface area contributed by atoms with E-state index in [1.54, 1.807) is 13.8 Å². The Balaban J connectivity index is 1.90. The van der Waals surface area contributed by atoms with Crippen LogP contribution in [0.15, 0.2) is 30.3 Å². The average molecular weight is 442 g/mol. The molecular weight excluding hydrogens is 412 g/mol. The standard InChI is InChI=1S/C23H29N4O3S/c1-6-17-14-30-10-9-27(17)22-13-16(23(3,4)31(5,28)29)12-21(26-22)19-8-7-18-20(25-19)11-15(2)24-18/h7-8,11-13,17,24H,2,6,9-10,14H2,1,3-5H3/t17-/m0/s1. The van der Waals surface area contributed by atoms with E-state index in [4.69, 9.17) is 14.7 Å². The molecule has 0 aliphatic carbocycles. The highest BCUT2D eigenvalue weighted by atomic mass is 32.2. The van der Waals surface area contributed by atoms with E-state index in [1.165, 1.54) is 6.26 Å². The maximum atomic E-state index is 12.6. The molecule has 0 bridgehead atoms. The quantitative estimate of drug-likeness (QED) is 0.649. The smallest absolute Gasteiger partial charge is 0.156 e. The van der Waals surface area contributed by atoms with Gasteiger partial charge in [-0.1, -0.05) is 6.92 Å². The molecule has 1 atom stereocenters. The second kappa shape index (κ2) is 7.91. The lowest BCUT2D eigenvalue weighted by molar-refractivity contribution is 0.0925. The van der Waals surface area contributed by atoms with Crippen LogP contribution in [0, 0.1) is 6.92 Å². The van der Waals surface area contributed by atoms with Crippen LogP contribution in [-0.2, 0) is 19.3 Å². The Labute approximate surface area is 183 Å². The molecule has 165 valence electrons. The molecule has 1 aliphatic heterocycles. The minimum absolute atomic E-state index is 0.194. The van der Waals surface area contributed by atoms with Gasteiger partial charge in [-0.2, -0.15) is 0 Å². The van der Waals surface area contributed by atoms with Crippen molar-refractivity contribution in [1.29, 1.82) is 0 Å². The van der Waals surface area contributed by atoms with Crippen molar-refractivity contribution in [2.75, 3.05) is 30.9 Å². The van der Waals surface area contributed by atoms with E-state index < -0.39 is 14.6 Å². The van der Waals surface area contributed by atoms with Crippen LogP contribution in [0.25, 0.3) is 22.4 Å². The highest BCUT2D eigenvalue weighted by molar-refractivity contribution is 7.91. The minimum atomic E-state index is -3.36. The molecule has 4 heterocycles. The van der Waals surface area contributed by atoms with Crippen molar-refractivity contribution < 1.29 is 13.2 Å². The lowest BCUT2D eigenvalue weighted by Gasteiger charge is -2.37.